The summed E-state index contributed by atoms with van der Waals surface area (Å²) in [5.74, 6) is -0.910. The number of nitrogens with zero attached hydrogens (tertiary/aromatic N) is 1. The molecule has 0 radical (unpaired) electrons. The molecule has 0 spiro atoms. The van der Waals surface area contributed by atoms with Crippen LogP contribution in [0, 0.1) is 0 Å². The van der Waals surface area contributed by atoms with Crippen molar-refractivity contribution in [2.45, 2.75) is 26.2 Å². The summed E-state index contributed by atoms with van der Waals surface area (Å²) < 4.78 is 2.06. The number of carboxylic acids is 1. The Morgan fingerprint density at radius 3 is 2.53 bits per heavy atom. The number of rotatable bonds is 3. The van der Waals surface area contributed by atoms with Crippen molar-refractivity contribution in [3.8, 4) is 0 Å². The first-order valence-electron chi connectivity index (χ1n) is 6.00. The number of aliphatic hydroxyl groups excluding tert-OH is 1. The fourth-order valence-corrected chi connectivity index (χ4v) is 2.51. The zero-order chi connectivity index (χ0) is 13.5. The Bertz CT molecular complexity index is 550. The maximum absolute atomic E-state index is 11.0. The van der Waals surface area contributed by atoms with Gasteiger partial charge < -0.3 is 27.2 Å². The molecule has 19 heavy (non-hydrogen) atoms. The summed E-state index contributed by atoms with van der Waals surface area (Å²) in [4.78, 5) is 11.0. The molecular formula is C14H18BrNO3. The first-order valence-corrected chi connectivity index (χ1v) is 6.00. The van der Waals surface area contributed by atoms with Crippen LogP contribution < -0.4 is 17.0 Å². The highest BCUT2D eigenvalue weighted by Crippen LogP contribution is 2.39. The van der Waals surface area contributed by atoms with Crippen molar-refractivity contribution >= 4 is 17.4 Å². The number of halogens is 1. The average Bonchev–Trinajstić information content (AvgIpc) is 2.51. The highest BCUT2D eigenvalue weighted by molar-refractivity contribution is 5.95. The van der Waals surface area contributed by atoms with Crippen molar-refractivity contribution in [1.82, 2.24) is 0 Å². The minimum absolute atomic E-state index is 0. The lowest BCUT2D eigenvalue weighted by atomic mass is 9.81. The molecule has 104 valence electrons. The molecule has 1 aromatic carbocycles. The van der Waals surface area contributed by atoms with Crippen LogP contribution in [0.5, 0.6) is 0 Å². The second-order valence-electron chi connectivity index (χ2n) is 5.12. The Kier molecular flexibility index (Phi) is 4.53. The van der Waals surface area contributed by atoms with Gasteiger partial charge in [-0.3, -0.25) is 0 Å². The quantitative estimate of drug-likeness (QED) is 0.684. The number of carbonyl (C=O) groups is 1. The molecule has 0 amide bonds. The Hall–Kier alpha value is -1.20. The first-order chi connectivity index (χ1) is 8.39. The summed E-state index contributed by atoms with van der Waals surface area (Å²) in [6.45, 7) is 6.78. The van der Waals surface area contributed by atoms with Crippen molar-refractivity contribution in [3.05, 3.63) is 29.3 Å². The number of β-amino-alcohol motifs (C(OH)–C–C–N with tert-alkyl or cyclic N) is 1. The van der Waals surface area contributed by atoms with E-state index in [-0.39, 0.29) is 29.0 Å². The molecule has 0 fully saturated rings. The van der Waals surface area contributed by atoms with Gasteiger partial charge in [0.05, 0.1) is 11.0 Å². The molecule has 0 saturated heterocycles. The zero-order valence-electron chi connectivity index (χ0n) is 11.3. The lowest BCUT2D eigenvalue weighted by Gasteiger charge is -2.15. The molecule has 1 heterocycles. The van der Waals surface area contributed by atoms with E-state index in [0.29, 0.717) is 12.1 Å². The summed E-state index contributed by atoms with van der Waals surface area (Å²) in [7, 11) is 0. The summed E-state index contributed by atoms with van der Waals surface area (Å²) in [6, 6.07) is 5.17. The lowest BCUT2D eigenvalue weighted by molar-refractivity contribution is -0.442. The van der Waals surface area contributed by atoms with Gasteiger partial charge in [-0.2, -0.15) is 4.58 Å². The number of hydrogen-bond donors (Lipinski definition) is 2. The SMILES string of the molecule is CC1=[N+](CCO)c2ccc(C(=O)O)cc2C1(C)C.[Br-]. The Morgan fingerprint density at radius 2 is 2.00 bits per heavy atom. The summed E-state index contributed by atoms with van der Waals surface area (Å²) in [5, 5.41) is 18.2. The van der Waals surface area contributed by atoms with E-state index in [1.807, 2.05) is 13.0 Å². The number of benzene rings is 1. The van der Waals surface area contributed by atoms with E-state index in [0.717, 1.165) is 17.0 Å². The normalized spacial score (nSPS) is 16.0. The Balaban J connectivity index is 0.00000180. The van der Waals surface area contributed by atoms with Crippen molar-refractivity contribution in [2.24, 2.45) is 0 Å². The maximum Gasteiger partial charge on any atom is 0.335 e. The van der Waals surface area contributed by atoms with Crippen LogP contribution in [-0.4, -0.2) is 39.6 Å². The summed E-state index contributed by atoms with van der Waals surface area (Å²) in [5.41, 5.74) is 3.25. The first kappa shape index (κ1) is 15.9. The van der Waals surface area contributed by atoms with Crippen LogP contribution in [0.15, 0.2) is 18.2 Å². The van der Waals surface area contributed by atoms with Crippen molar-refractivity contribution in [2.75, 3.05) is 13.2 Å². The molecule has 0 atom stereocenters. The van der Waals surface area contributed by atoms with E-state index in [9.17, 15) is 4.79 Å². The van der Waals surface area contributed by atoms with Gasteiger partial charge in [0.2, 0.25) is 5.69 Å². The lowest BCUT2D eigenvalue weighted by Crippen LogP contribution is -3.00. The average molecular weight is 328 g/mol. The van der Waals surface area contributed by atoms with Gasteiger partial charge in [-0.05, 0) is 26.0 Å². The number of hydrogen-bond acceptors (Lipinski definition) is 2. The molecule has 1 aromatic rings. The van der Waals surface area contributed by atoms with Crippen LogP contribution in [0.25, 0.3) is 0 Å². The molecule has 2 N–H and O–H groups in total. The highest BCUT2D eigenvalue weighted by atomic mass is 79.9. The topological polar surface area (TPSA) is 60.5 Å². The molecule has 5 heteroatoms. The number of fused-ring (bicyclic) bond motifs is 1. The van der Waals surface area contributed by atoms with E-state index in [2.05, 4.69) is 18.4 Å². The molecular weight excluding hydrogens is 310 g/mol. The van der Waals surface area contributed by atoms with Crippen LogP contribution in [0.3, 0.4) is 0 Å². The molecule has 2 rings (SSSR count). The minimum atomic E-state index is -0.910. The van der Waals surface area contributed by atoms with Crippen LogP contribution >= 0.6 is 0 Å². The van der Waals surface area contributed by atoms with Gasteiger partial charge >= 0.3 is 5.97 Å². The predicted molar refractivity (Wildman–Crippen MR) is 69.0 cm³/mol. The van der Waals surface area contributed by atoms with Crippen molar-refractivity contribution < 1.29 is 36.6 Å². The highest BCUT2D eigenvalue weighted by Gasteiger charge is 2.43. The van der Waals surface area contributed by atoms with Crippen LogP contribution in [0.1, 0.15) is 36.7 Å². The molecule has 0 aliphatic carbocycles. The molecule has 0 bridgehead atoms. The second-order valence-corrected chi connectivity index (χ2v) is 5.12. The van der Waals surface area contributed by atoms with Crippen LogP contribution in [-0.2, 0) is 5.41 Å². The fraction of sp³-hybridized carbons (Fsp3) is 0.429. The number of carboxylic acid groups (broad SMARTS) is 1. The smallest absolute Gasteiger partial charge is 0.335 e. The van der Waals surface area contributed by atoms with E-state index < -0.39 is 5.97 Å². The monoisotopic (exact) mass is 327 g/mol. The molecule has 0 aromatic heterocycles. The van der Waals surface area contributed by atoms with Gasteiger partial charge in [0.25, 0.3) is 0 Å². The Morgan fingerprint density at radius 1 is 1.37 bits per heavy atom. The Labute approximate surface area is 123 Å². The summed E-state index contributed by atoms with van der Waals surface area (Å²) in [6.07, 6.45) is 0. The van der Waals surface area contributed by atoms with Crippen LogP contribution in [0.2, 0.25) is 0 Å². The third-order valence-electron chi connectivity index (χ3n) is 3.84. The molecule has 0 unspecified atom stereocenters. The van der Waals surface area contributed by atoms with E-state index >= 15 is 0 Å². The van der Waals surface area contributed by atoms with Gasteiger partial charge in [-0.1, -0.05) is 0 Å². The molecule has 0 saturated carbocycles. The van der Waals surface area contributed by atoms with Gasteiger partial charge in [0, 0.05) is 18.6 Å². The molecule has 1 aliphatic heterocycles. The minimum Gasteiger partial charge on any atom is -1.00 e. The van der Waals surface area contributed by atoms with Gasteiger partial charge in [-0.25, -0.2) is 4.79 Å². The van der Waals surface area contributed by atoms with E-state index in [1.165, 1.54) is 0 Å². The predicted octanol–water partition coefficient (Wildman–Crippen LogP) is -1.22. The van der Waals surface area contributed by atoms with E-state index in [4.69, 9.17) is 10.2 Å². The second kappa shape index (κ2) is 5.43. The zero-order valence-corrected chi connectivity index (χ0v) is 12.9. The third-order valence-corrected chi connectivity index (χ3v) is 3.84. The molecule has 1 aliphatic rings. The van der Waals surface area contributed by atoms with Gasteiger partial charge in [0.15, 0.2) is 12.3 Å². The van der Waals surface area contributed by atoms with E-state index in [1.54, 1.807) is 12.1 Å². The largest absolute Gasteiger partial charge is 1.00 e. The standard InChI is InChI=1S/C14H17NO3.BrH/c1-9-14(2,3)11-8-10(13(17)18)4-5-12(11)15(9)6-7-16;/h4-5,8,16H,6-7H2,1-3H3;1H. The van der Waals surface area contributed by atoms with Gasteiger partial charge in [0.1, 0.15) is 6.61 Å². The fourth-order valence-electron chi connectivity index (χ4n) is 2.51. The van der Waals surface area contributed by atoms with Crippen LogP contribution in [0.4, 0.5) is 5.69 Å². The molecule has 4 nitrogen and oxygen atoms in total. The number of aliphatic hydroxyl groups is 1. The number of aromatic carboxylic acids is 1. The van der Waals surface area contributed by atoms with Crippen molar-refractivity contribution in [1.29, 1.82) is 0 Å². The maximum atomic E-state index is 11.0. The van der Waals surface area contributed by atoms with Gasteiger partial charge in [-0.15, -0.1) is 0 Å². The summed E-state index contributed by atoms with van der Waals surface area (Å²) >= 11 is 0. The van der Waals surface area contributed by atoms with Crippen molar-refractivity contribution in [3.63, 3.8) is 0 Å². The third kappa shape index (κ3) is 2.44.